The molecule has 1 aromatic carbocycles. The molecule has 0 saturated heterocycles. The molecule has 21 heavy (non-hydrogen) atoms. The fourth-order valence-corrected chi connectivity index (χ4v) is 2.11. The SMILES string of the molecule is Cc1nn(C)cc1/C=N\NC(=S)Nc1ccc(Cl)c(Cl)c1. The van der Waals surface area contributed by atoms with E-state index in [4.69, 9.17) is 35.4 Å². The molecular weight excluding hydrogens is 329 g/mol. The maximum atomic E-state index is 5.93. The van der Waals surface area contributed by atoms with Crippen molar-refractivity contribution in [3.05, 3.63) is 45.7 Å². The smallest absolute Gasteiger partial charge is 0.191 e. The van der Waals surface area contributed by atoms with Crippen LogP contribution < -0.4 is 10.7 Å². The molecule has 1 aromatic heterocycles. The Balaban J connectivity index is 1.93. The van der Waals surface area contributed by atoms with Crippen molar-refractivity contribution in [1.29, 1.82) is 0 Å². The maximum absolute atomic E-state index is 5.93. The highest BCUT2D eigenvalue weighted by Crippen LogP contribution is 2.24. The second kappa shape index (κ2) is 6.89. The summed E-state index contributed by atoms with van der Waals surface area (Å²) in [6.07, 6.45) is 3.53. The summed E-state index contributed by atoms with van der Waals surface area (Å²) in [6.45, 7) is 1.91. The van der Waals surface area contributed by atoms with Crippen LogP contribution in [-0.2, 0) is 7.05 Å². The number of rotatable bonds is 3. The zero-order valence-corrected chi connectivity index (χ0v) is 13.7. The molecule has 0 radical (unpaired) electrons. The molecule has 0 spiro atoms. The van der Waals surface area contributed by atoms with Crippen molar-refractivity contribution in [3.63, 3.8) is 0 Å². The first kappa shape index (κ1) is 15.8. The Morgan fingerprint density at radius 3 is 2.76 bits per heavy atom. The molecule has 2 rings (SSSR count). The molecule has 0 amide bonds. The van der Waals surface area contributed by atoms with Crippen LogP contribution in [0.2, 0.25) is 10.0 Å². The number of thiocarbonyl (C=S) groups is 1. The average molecular weight is 342 g/mol. The van der Waals surface area contributed by atoms with Crippen LogP contribution in [0.1, 0.15) is 11.3 Å². The highest BCUT2D eigenvalue weighted by molar-refractivity contribution is 7.80. The largest absolute Gasteiger partial charge is 0.331 e. The number of hydrazone groups is 1. The quantitative estimate of drug-likeness (QED) is 0.510. The van der Waals surface area contributed by atoms with Gasteiger partial charge >= 0.3 is 0 Å². The van der Waals surface area contributed by atoms with Gasteiger partial charge in [0.25, 0.3) is 0 Å². The number of nitrogens with zero attached hydrogens (tertiary/aromatic N) is 3. The van der Waals surface area contributed by atoms with Crippen LogP contribution in [0.4, 0.5) is 5.69 Å². The van der Waals surface area contributed by atoms with E-state index >= 15 is 0 Å². The summed E-state index contributed by atoms with van der Waals surface area (Å²) in [4.78, 5) is 0. The summed E-state index contributed by atoms with van der Waals surface area (Å²) < 4.78 is 1.73. The van der Waals surface area contributed by atoms with Gasteiger partial charge in [-0.2, -0.15) is 10.2 Å². The van der Waals surface area contributed by atoms with Crippen molar-refractivity contribution in [3.8, 4) is 0 Å². The fraction of sp³-hybridized carbons (Fsp3) is 0.154. The molecule has 8 heteroatoms. The molecule has 0 fully saturated rings. The average Bonchev–Trinajstić information content (AvgIpc) is 2.72. The van der Waals surface area contributed by atoms with Crippen molar-refractivity contribution >= 4 is 52.4 Å². The van der Waals surface area contributed by atoms with E-state index in [0.29, 0.717) is 15.2 Å². The van der Waals surface area contributed by atoms with Gasteiger partial charge in [-0.1, -0.05) is 23.2 Å². The standard InChI is InChI=1S/C13H13Cl2N5S/c1-8-9(7-20(2)19-8)6-16-18-13(21)17-10-3-4-11(14)12(15)5-10/h3-7H,1-2H3,(H2,17,18,21)/b16-6-. The second-order valence-electron chi connectivity index (χ2n) is 4.30. The van der Waals surface area contributed by atoms with Crippen molar-refractivity contribution < 1.29 is 0 Å². The van der Waals surface area contributed by atoms with Gasteiger partial charge in [-0.25, -0.2) is 0 Å². The Kier molecular flexibility index (Phi) is 5.17. The van der Waals surface area contributed by atoms with Gasteiger partial charge in [-0.05, 0) is 37.3 Å². The Hall–Kier alpha value is -1.63. The summed E-state index contributed by atoms with van der Waals surface area (Å²) in [6, 6.07) is 5.15. The van der Waals surface area contributed by atoms with Crippen LogP contribution in [0.15, 0.2) is 29.5 Å². The van der Waals surface area contributed by atoms with Crippen LogP contribution >= 0.6 is 35.4 Å². The van der Waals surface area contributed by atoms with Gasteiger partial charge in [-0.3, -0.25) is 10.1 Å². The highest BCUT2D eigenvalue weighted by atomic mass is 35.5. The Morgan fingerprint density at radius 1 is 1.38 bits per heavy atom. The van der Waals surface area contributed by atoms with Crippen LogP contribution in [0.5, 0.6) is 0 Å². The van der Waals surface area contributed by atoms with E-state index in [1.54, 1.807) is 29.1 Å². The Bertz CT molecular complexity index is 696. The van der Waals surface area contributed by atoms with Crippen LogP contribution in [-0.4, -0.2) is 21.1 Å². The van der Waals surface area contributed by atoms with Gasteiger partial charge < -0.3 is 5.32 Å². The Labute approximate surface area is 137 Å². The lowest BCUT2D eigenvalue weighted by molar-refractivity contribution is 0.756. The number of nitrogens with one attached hydrogen (secondary N) is 2. The fourth-order valence-electron chi connectivity index (χ4n) is 1.64. The first-order valence-electron chi connectivity index (χ1n) is 6.01. The van der Waals surface area contributed by atoms with Gasteiger partial charge in [0, 0.05) is 24.5 Å². The van der Waals surface area contributed by atoms with E-state index in [1.807, 2.05) is 20.2 Å². The molecule has 0 atom stereocenters. The molecule has 0 unspecified atom stereocenters. The third-order valence-electron chi connectivity index (χ3n) is 2.60. The molecule has 0 aliphatic rings. The predicted octanol–water partition coefficient (Wildman–Crippen LogP) is 3.36. The first-order valence-corrected chi connectivity index (χ1v) is 7.17. The first-order chi connectivity index (χ1) is 9.95. The predicted molar refractivity (Wildman–Crippen MR) is 91.4 cm³/mol. The van der Waals surface area contributed by atoms with E-state index in [1.165, 1.54) is 0 Å². The topological polar surface area (TPSA) is 54.2 Å². The summed E-state index contributed by atoms with van der Waals surface area (Å²) in [5, 5.41) is 12.5. The lowest BCUT2D eigenvalue weighted by Gasteiger charge is -2.07. The minimum atomic E-state index is 0.353. The van der Waals surface area contributed by atoms with E-state index in [0.717, 1.165) is 16.9 Å². The maximum Gasteiger partial charge on any atom is 0.191 e. The van der Waals surface area contributed by atoms with E-state index in [-0.39, 0.29) is 0 Å². The molecule has 2 aromatic rings. The minimum absolute atomic E-state index is 0.353. The van der Waals surface area contributed by atoms with Crippen molar-refractivity contribution in [2.45, 2.75) is 6.92 Å². The van der Waals surface area contributed by atoms with Gasteiger partial charge in [-0.15, -0.1) is 0 Å². The normalized spacial score (nSPS) is 10.9. The summed E-state index contributed by atoms with van der Waals surface area (Å²) in [7, 11) is 1.86. The lowest BCUT2D eigenvalue weighted by atomic mass is 10.3. The molecular formula is C13H13Cl2N5S. The lowest BCUT2D eigenvalue weighted by Crippen LogP contribution is -2.23. The van der Waals surface area contributed by atoms with Gasteiger partial charge in [0.2, 0.25) is 0 Å². The zero-order valence-electron chi connectivity index (χ0n) is 11.4. The monoisotopic (exact) mass is 341 g/mol. The summed E-state index contributed by atoms with van der Waals surface area (Å²) in [5.74, 6) is 0. The van der Waals surface area contributed by atoms with Crippen molar-refractivity contribution in [1.82, 2.24) is 15.2 Å². The third kappa shape index (κ3) is 4.42. The molecule has 2 N–H and O–H groups in total. The van der Waals surface area contributed by atoms with Crippen LogP contribution in [0, 0.1) is 6.92 Å². The molecule has 0 aliphatic carbocycles. The Morgan fingerprint density at radius 2 is 2.14 bits per heavy atom. The number of halogens is 2. The number of aromatic nitrogens is 2. The molecule has 0 bridgehead atoms. The van der Waals surface area contributed by atoms with Gasteiger partial charge in [0.1, 0.15) is 0 Å². The zero-order chi connectivity index (χ0) is 15.4. The molecule has 5 nitrogen and oxygen atoms in total. The van der Waals surface area contributed by atoms with E-state index < -0.39 is 0 Å². The van der Waals surface area contributed by atoms with Crippen LogP contribution in [0.25, 0.3) is 0 Å². The van der Waals surface area contributed by atoms with E-state index in [9.17, 15) is 0 Å². The number of benzene rings is 1. The number of hydrogen-bond acceptors (Lipinski definition) is 3. The molecule has 0 aliphatic heterocycles. The highest BCUT2D eigenvalue weighted by Gasteiger charge is 2.02. The number of anilines is 1. The molecule has 0 saturated carbocycles. The number of aryl methyl sites for hydroxylation is 2. The van der Waals surface area contributed by atoms with Gasteiger partial charge in [0.05, 0.1) is 22.0 Å². The van der Waals surface area contributed by atoms with Crippen molar-refractivity contribution in [2.24, 2.45) is 12.1 Å². The van der Waals surface area contributed by atoms with Crippen molar-refractivity contribution in [2.75, 3.05) is 5.32 Å². The third-order valence-corrected chi connectivity index (χ3v) is 3.53. The van der Waals surface area contributed by atoms with E-state index in [2.05, 4.69) is 20.9 Å². The van der Waals surface area contributed by atoms with Gasteiger partial charge in [0.15, 0.2) is 5.11 Å². The number of hydrogen-bond donors (Lipinski definition) is 2. The second-order valence-corrected chi connectivity index (χ2v) is 5.52. The van der Waals surface area contributed by atoms with Crippen LogP contribution in [0.3, 0.4) is 0 Å². The summed E-state index contributed by atoms with van der Waals surface area (Å²) in [5.41, 5.74) is 5.27. The minimum Gasteiger partial charge on any atom is -0.331 e. The summed E-state index contributed by atoms with van der Waals surface area (Å²) >= 11 is 16.9. The molecule has 1 heterocycles. The molecule has 110 valence electrons.